The summed E-state index contributed by atoms with van der Waals surface area (Å²) in [5.74, 6) is -5.22. The summed E-state index contributed by atoms with van der Waals surface area (Å²) in [4.78, 5) is 44.3. The van der Waals surface area contributed by atoms with Gasteiger partial charge in [-0.15, -0.1) is 0 Å². The van der Waals surface area contributed by atoms with Gasteiger partial charge in [0.15, 0.2) is 5.92 Å². The van der Waals surface area contributed by atoms with Crippen molar-refractivity contribution in [1.82, 2.24) is 0 Å². The highest BCUT2D eigenvalue weighted by molar-refractivity contribution is 5.96. The summed E-state index contributed by atoms with van der Waals surface area (Å²) in [6.45, 7) is -0.875. The Morgan fingerprint density at radius 3 is 2.04 bits per heavy atom. The minimum Gasteiger partial charge on any atom is -0.468 e. The summed E-state index contributed by atoms with van der Waals surface area (Å²) in [7, 11) is 2.00. The van der Waals surface area contributed by atoms with E-state index in [4.69, 9.17) is 0 Å². The van der Waals surface area contributed by atoms with Crippen LogP contribution in [0.25, 0.3) is 0 Å². The topological polar surface area (TPSA) is 139 Å². The summed E-state index contributed by atoms with van der Waals surface area (Å²) >= 11 is 0. The second-order valence-corrected chi connectivity index (χ2v) is 4.46. The van der Waals surface area contributed by atoms with Gasteiger partial charge in [0.25, 0.3) is 5.69 Å². The van der Waals surface area contributed by atoms with E-state index in [0.717, 1.165) is 20.3 Å². The predicted octanol–water partition coefficient (Wildman–Crippen LogP) is 0.917. The van der Waals surface area contributed by atoms with Gasteiger partial charge in [-0.1, -0.05) is 18.2 Å². The minimum atomic E-state index is -1.68. The molecule has 1 aromatic rings. The molecule has 124 valence electrons. The van der Waals surface area contributed by atoms with Gasteiger partial charge in [0.05, 0.1) is 25.1 Å². The lowest BCUT2D eigenvalue weighted by Crippen LogP contribution is -2.35. The van der Waals surface area contributed by atoms with Crippen molar-refractivity contribution in [2.75, 3.05) is 20.8 Å². The van der Waals surface area contributed by atoms with Gasteiger partial charge in [-0.2, -0.15) is 0 Å². The van der Waals surface area contributed by atoms with Crippen LogP contribution in [0.4, 0.5) is 5.69 Å². The van der Waals surface area contributed by atoms with E-state index in [0.29, 0.717) is 0 Å². The number of esters is 2. The first-order valence-electron chi connectivity index (χ1n) is 6.34. The predicted molar refractivity (Wildman–Crippen MR) is 75.2 cm³/mol. The molecule has 0 aromatic heterocycles. The van der Waals surface area contributed by atoms with E-state index in [1.807, 2.05) is 0 Å². The molecule has 0 fully saturated rings. The fourth-order valence-corrected chi connectivity index (χ4v) is 2.19. The second kappa shape index (κ2) is 7.82. The molecule has 0 aliphatic carbocycles. The quantitative estimate of drug-likeness (QED) is 0.312. The molecule has 0 heterocycles. The molecule has 0 amide bonds. The van der Waals surface area contributed by atoms with Crippen LogP contribution in [-0.4, -0.2) is 42.5 Å². The van der Waals surface area contributed by atoms with Crippen molar-refractivity contribution >= 4 is 17.6 Å². The first kappa shape index (κ1) is 18.0. The molecule has 0 N–H and O–H groups in total. The van der Waals surface area contributed by atoms with Crippen LogP contribution in [0.1, 0.15) is 11.5 Å². The van der Waals surface area contributed by atoms with Gasteiger partial charge in [0, 0.05) is 16.6 Å². The highest BCUT2D eigenvalue weighted by atomic mass is 16.6. The smallest absolute Gasteiger partial charge is 0.320 e. The summed E-state index contributed by atoms with van der Waals surface area (Å²) in [5.41, 5.74) is -0.549. The van der Waals surface area contributed by atoms with Crippen molar-refractivity contribution in [2.24, 2.45) is 5.92 Å². The minimum absolute atomic E-state index is 0.116. The number of nitro benzene ring substituents is 1. The van der Waals surface area contributed by atoms with Gasteiger partial charge in [-0.25, -0.2) is 0 Å². The van der Waals surface area contributed by atoms with Gasteiger partial charge in [0.1, 0.15) is 0 Å². The Morgan fingerprint density at radius 1 is 1.09 bits per heavy atom. The van der Waals surface area contributed by atoms with Gasteiger partial charge >= 0.3 is 11.9 Å². The largest absolute Gasteiger partial charge is 0.468 e. The lowest BCUT2D eigenvalue weighted by atomic mass is 9.85. The molecular formula is C13H14N2O8. The molecule has 0 saturated carbocycles. The summed E-state index contributed by atoms with van der Waals surface area (Å²) < 4.78 is 8.97. The molecule has 10 heteroatoms. The lowest BCUT2D eigenvalue weighted by molar-refractivity contribution is -0.484. The molecule has 1 aromatic carbocycles. The zero-order valence-corrected chi connectivity index (χ0v) is 12.3. The number of ether oxygens (including phenoxy) is 2. The van der Waals surface area contributed by atoms with E-state index in [2.05, 4.69) is 9.47 Å². The molecule has 1 rings (SSSR count). The Balaban J connectivity index is 3.49. The molecule has 0 saturated heterocycles. The van der Waals surface area contributed by atoms with Crippen LogP contribution in [0.15, 0.2) is 24.3 Å². The number of hydrogen-bond acceptors (Lipinski definition) is 8. The number of methoxy groups -OCH3 is 2. The fraction of sp³-hybridized carbons (Fsp3) is 0.385. The van der Waals surface area contributed by atoms with Crippen LogP contribution in [0.2, 0.25) is 0 Å². The highest BCUT2D eigenvalue weighted by Crippen LogP contribution is 2.33. The zero-order valence-electron chi connectivity index (χ0n) is 12.3. The van der Waals surface area contributed by atoms with Crippen molar-refractivity contribution in [3.05, 3.63) is 50.1 Å². The zero-order chi connectivity index (χ0) is 17.6. The van der Waals surface area contributed by atoms with Crippen molar-refractivity contribution in [2.45, 2.75) is 5.92 Å². The van der Waals surface area contributed by atoms with Gasteiger partial charge in [0.2, 0.25) is 6.54 Å². The van der Waals surface area contributed by atoms with Crippen LogP contribution in [0, 0.1) is 26.1 Å². The summed E-state index contributed by atoms with van der Waals surface area (Å²) in [5, 5.41) is 22.0. The third-order valence-corrected chi connectivity index (χ3v) is 3.19. The highest BCUT2D eigenvalue weighted by Gasteiger charge is 2.43. The second-order valence-electron chi connectivity index (χ2n) is 4.46. The number of carbonyl (C=O) groups is 2. The molecule has 0 aliphatic rings. The number of hydrogen-bond donors (Lipinski definition) is 0. The van der Waals surface area contributed by atoms with Gasteiger partial charge in [-0.05, 0) is 0 Å². The number of benzene rings is 1. The van der Waals surface area contributed by atoms with E-state index in [1.165, 1.54) is 18.2 Å². The van der Waals surface area contributed by atoms with Crippen molar-refractivity contribution in [1.29, 1.82) is 0 Å². The Kier molecular flexibility index (Phi) is 6.13. The Bertz CT molecular complexity index is 614. The van der Waals surface area contributed by atoms with Crippen LogP contribution in [0.3, 0.4) is 0 Å². The molecule has 0 bridgehead atoms. The molecular weight excluding hydrogens is 312 g/mol. The average Bonchev–Trinajstić information content (AvgIpc) is 2.53. The van der Waals surface area contributed by atoms with Crippen LogP contribution in [0.5, 0.6) is 0 Å². The SMILES string of the molecule is COC(=O)C(C(=O)OC)[C@@H](C[N+](=O)[O-])c1ccccc1[N+](=O)[O-]. The van der Waals surface area contributed by atoms with E-state index in [1.54, 1.807) is 0 Å². The van der Waals surface area contributed by atoms with Crippen molar-refractivity contribution in [3.8, 4) is 0 Å². The maximum Gasteiger partial charge on any atom is 0.320 e. The maximum absolute atomic E-state index is 11.9. The van der Waals surface area contributed by atoms with Crippen LogP contribution < -0.4 is 0 Å². The number of nitrogens with zero attached hydrogens (tertiary/aromatic N) is 2. The molecule has 10 nitrogen and oxygen atoms in total. The Hall–Kier alpha value is -3.04. The number of carbonyl (C=O) groups excluding carboxylic acids is 2. The van der Waals surface area contributed by atoms with Crippen LogP contribution in [-0.2, 0) is 19.1 Å². The molecule has 0 spiro atoms. The average molecular weight is 326 g/mol. The molecule has 0 radical (unpaired) electrons. The molecule has 0 aliphatic heterocycles. The fourth-order valence-electron chi connectivity index (χ4n) is 2.19. The number of rotatable bonds is 7. The Morgan fingerprint density at radius 2 is 1.61 bits per heavy atom. The molecule has 23 heavy (non-hydrogen) atoms. The monoisotopic (exact) mass is 326 g/mol. The number of para-hydroxylation sites is 1. The maximum atomic E-state index is 11.9. The van der Waals surface area contributed by atoms with Crippen LogP contribution >= 0.6 is 0 Å². The standard InChI is InChI=1S/C13H14N2O8/c1-22-12(16)11(13(17)23-2)9(7-14(18)19)8-5-3-4-6-10(8)15(20)21/h3-6,9,11H,7H2,1-2H3/t9-/m0/s1. The molecule has 0 unspecified atom stereocenters. The van der Waals surface area contributed by atoms with E-state index < -0.39 is 45.9 Å². The Labute approximate surface area is 130 Å². The normalized spacial score (nSPS) is 11.6. The van der Waals surface area contributed by atoms with E-state index >= 15 is 0 Å². The third kappa shape index (κ3) is 4.22. The third-order valence-electron chi connectivity index (χ3n) is 3.19. The van der Waals surface area contributed by atoms with E-state index in [-0.39, 0.29) is 5.56 Å². The summed E-state index contributed by atoms with van der Waals surface area (Å²) in [6.07, 6.45) is 0. The lowest BCUT2D eigenvalue weighted by Gasteiger charge is -2.20. The first-order chi connectivity index (χ1) is 10.8. The summed E-state index contributed by atoms with van der Waals surface area (Å²) in [6, 6.07) is 5.18. The van der Waals surface area contributed by atoms with E-state index in [9.17, 15) is 29.8 Å². The van der Waals surface area contributed by atoms with Crippen molar-refractivity contribution in [3.63, 3.8) is 0 Å². The number of nitro groups is 2. The van der Waals surface area contributed by atoms with Gasteiger partial charge in [-0.3, -0.25) is 29.8 Å². The van der Waals surface area contributed by atoms with Crippen molar-refractivity contribution < 1.29 is 28.9 Å². The molecule has 1 atom stereocenters. The first-order valence-corrected chi connectivity index (χ1v) is 6.34. The van der Waals surface area contributed by atoms with Gasteiger partial charge < -0.3 is 9.47 Å².